The summed E-state index contributed by atoms with van der Waals surface area (Å²) in [6, 6.07) is 8.39. The molecule has 0 fully saturated rings. The molecular formula is C56H83N2O21S3-. The molecule has 0 radical (unpaired) electrons. The fourth-order valence-electron chi connectivity index (χ4n) is 9.36. The molecule has 82 heavy (non-hydrogen) atoms. The van der Waals surface area contributed by atoms with Crippen molar-refractivity contribution in [2.75, 3.05) is 157 Å². The van der Waals surface area contributed by atoms with Gasteiger partial charge in [-0.15, -0.1) is 0 Å². The summed E-state index contributed by atoms with van der Waals surface area (Å²) >= 11 is 0. The van der Waals surface area contributed by atoms with Crippen LogP contribution in [0.4, 0.5) is 11.4 Å². The van der Waals surface area contributed by atoms with Gasteiger partial charge in [-0.05, 0) is 81.5 Å². The third-order valence-corrected chi connectivity index (χ3v) is 16.1. The van der Waals surface area contributed by atoms with Crippen LogP contribution in [0.3, 0.4) is 0 Å². The Morgan fingerprint density at radius 3 is 1.51 bits per heavy atom. The van der Waals surface area contributed by atoms with E-state index in [1.54, 1.807) is 44.6 Å². The Kier molecular flexibility index (Phi) is 31.2. The smallest absolute Gasteiger partial charge is 0.303 e. The molecule has 0 spiro atoms. The number of fused-ring (bicyclic) bond motifs is 2. The van der Waals surface area contributed by atoms with Crippen LogP contribution in [0.15, 0.2) is 94.4 Å². The summed E-state index contributed by atoms with van der Waals surface area (Å²) in [5.41, 5.74) is 1.99. The van der Waals surface area contributed by atoms with Crippen molar-refractivity contribution in [1.29, 1.82) is 0 Å². The quantitative estimate of drug-likeness (QED) is 0.0367. The lowest BCUT2D eigenvalue weighted by Crippen LogP contribution is -2.33. The minimum Gasteiger partial charge on any atom is -0.744 e. The average molecular weight is 1220 g/mol. The van der Waals surface area contributed by atoms with Gasteiger partial charge in [0, 0.05) is 81.3 Å². The number of benzene rings is 2. The molecule has 2 heterocycles. The van der Waals surface area contributed by atoms with Crippen molar-refractivity contribution in [2.45, 2.75) is 79.4 Å². The molecule has 2 aliphatic rings. The lowest BCUT2D eigenvalue weighted by molar-refractivity contribution is -0.437. The maximum absolute atomic E-state index is 12.4. The molecule has 2 N–H and O–H groups in total. The highest BCUT2D eigenvalue weighted by atomic mass is 32.2. The third kappa shape index (κ3) is 24.0. The Bertz CT molecular complexity index is 2780. The highest BCUT2D eigenvalue weighted by Crippen LogP contribution is 2.51. The van der Waals surface area contributed by atoms with E-state index in [0.717, 1.165) is 5.70 Å². The summed E-state index contributed by atoms with van der Waals surface area (Å²) in [4.78, 5) is 12.5. The molecule has 2 aliphatic heterocycles. The molecular weight excluding hydrogens is 1130 g/mol. The van der Waals surface area contributed by atoms with Gasteiger partial charge in [-0.25, -0.2) is 16.8 Å². The second-order valence-corrected chi connectivity index (χ2v) is 23.9. The van der Waals surface area contributed by atoms with Gasteiger partial charge in [0.05, 0.1) is 127 Å². The van der Waals surface area contributed by atoms with Crippen LogP contribution < -0.4 is 4.90 Å². The van der Waals surface area contributed by atoms with Gasteiger partial charge < -0.3 is 66.5 Å². The molecule has 0 aromatic heterocycles. The van der Waals surface area contributed by atoms with Crippen molar-refractivity contribution < 1.29 is 101 Å². The Morgan fingerprint density at radius 1 is 0.573 bits per heavy atom. The number of carbonyl (C=O) groups is 1. The van der Waals surface area contributed by atoms with Crippen LogP contribution in [0.5, 0.6) is 0 Å². The molecule has 23 nitrogen and oxygen atoms in total. The molecule has 26 heteroatoms. The van der Waals surface area contributed by atoms with Gasteiger partial charge in [0.25, 0.3) is 10.1 Å². The number of carboxylic acid groups (broad SMARTS) is 1. The Balaban J connectivity index is 1.57. The number of unbranched alkanes of at least 4 members (excludes halogenated alkanes) is 2. The minimum atomic E-state index is -4.87. The van der Waals surface area contributed by atoms with Crippen molar-refractivity contribution in [3.63, 3.8) is 0 Å². The molecule has 0 bridgehead atoms. The van der Waals surface area contributed by atoms with E-state index >= 15 is 0 Å². The lowest BCUT2D eigenvalue weighted by Gasteiger charge is -2.30. The molecule has 2 unspecified atom stereocenters. The van der Waals surface area contributed by atoms with Gasteiger partial charge in [-0.2, -0.15) is 13.0 Å². The van der Waals surface area contributed by atoms with Crippen LogP contribution in [-0.4, -0.2) is 212 Å². The maximum Gasteiger partial charge on any atom is 0.303 e. The number of methoxy groups -OCH3 is 2. The van der Waals surface area contributed by atoms with Crippen LogP contribution >= 0.6 is 0 Å². The van der Waals surface area contributed by atoms with Gasteiger partial charge in [-0.1, -0.05) is 36.8 Å². The lowest BCUT2D eigenvalue weighted by atomic mass is 9.76. The Morgan fingerprint density at radius 2 is 1.02 bits per heavy atom. The number of carboxylic acids is 1. The summed E-state index contributed by atoms with van der Waals surface area (Å²) in [6.45, 7) is 11.0. The van der Waals surface area contributed by atoms with E-state index in [1.165, 1.54) is 30.3 Å². The van der Waals surface area contributed by atoms with Crippen LogP contribution in [0.1, 0.15) is 69.9 Å². The van der Waals surface area contributed by atoms with Crippen LogP contribution in [-0.2, 0) is 93.3 Å². The molecule has 0 saturated heterocycles. The van der Waals surface area contributed by atoms with Gasteiger partial charge in [0.1, 0.15) is 26.8 Å². The summed E-state index contributed by atoms with van der Waals surface area (Å²) in [5.74, 6) is -1.43. The number of rotatable bonds is 46. The molecule has 2 aromatic rings. The zero-order valence-corrected chi connectivity index (χ0v) is 50.0. The number of ether oxygens (including phenoxy) is 10. The van der Waals surface area contributed by atoms with Crippen molar-refractivity contribution in [2.24, 2.45) is 0 Å². The molecule has 0 aliphatic carbocycles. The van der Waals surface area contributed by atoms with E-state index in [9.17, 15) is 48.8 Å². The summed E-state index contributed by atoms with van der Waals surface area (Å²) in [7, 11) is -10.8. The van der Waals surface area contributed by atoms with Gasteiger partial charge >= 0.3 is 5.97 Å². The van der Waals surface area contributed by atoms with Crippen LogP contribution in [0.25, 0.3) is 0 Å². The predicted molar refractivity (Wildman–Crippen MR) is 303 cm³/mol. The first kappa shape index (κ1) is 70.2. The topological polar surface area (TPSA) is 305 Å². The fraction of sp³-hybridized carbons (Fsp3) is 0.607. The predicted octanol–water partition coefficient (Wildman–Crippen LogP) is 5.31. The zero-order valence-electron chi connectivity index (χ0n) is 47.6. The van der Waals surface area contributed by atoms with Gasteiger partial charge in [0.15, 0.2) is 5.71 Å². The Hall–Kier alpha value is -4.33. The van der Waals surface area contributed by atoms with Crippen molar-refractivity contribution in [3.05, 3.63) is 95.8 Å². The number of nitrogens with zero attached hydrogens (tertiary/aromatic N) is 2. The van der Waals surface area contributed by atoms with Crippen molar-refractivity contribution >= 4 is 53.4 Å². The van der Waals surface area contributed by atoms with Crippen molar-refractivity contribution in [3.8, 4) is 0 Å². The van der Waals surface area contributed by atoms with Crippen LogP contribution in [0, 0.1) is 0 Å². The number of anilines is 1. The summed E-state index contributed by atoms with van der Waals surface area (Å²) in [6.07, 6.45) is 15.0. The first-order valence-electron chi connectivity index (χ1n) is 27.3. The molecule has 4 rings (SSSR count). The molecule has 2 aromatic carbocycles. The highest BCUT2D eigenvalue weighted by Gasteiger charge is 2.48. The third-order valence-electron chi connectivity index (χ3n) is 13.6. The normalized spacial score (nSPS) is 18.1. The number of hydrogen-bond donors (Lipinski definition) is 2. The molecule has 0 amide bonds. The Labute approximate surface area is 484 Å². The van der Waals surface area contributed by atoms with Crippen molar-refractivity contribution in [1.82, 2.24) is 0 Å². The van der Waals surface area contributed by atoms with E-state index in [1.807, 2.05) is 36.7 Å². The molecule has 0 saturated carbocycles. The second kappa shape index (κ2) is 36.5. The van der Waals surface area contributed by atoms with E-state index in [4.69, 9.17) is 47.4 Å². The SMILES string of the molecule is COCCOCCOCCOCCOCCC1(C)C(=CC=CC=CC=CC2=[N+](CCCS(=O)(=O)O)c3ccc(S(=O)(=O)[O-])cc3C2(C)CCOCCOCCOCCOCCOC)N(CCCCCC(=O)O)c2ccc(S(=O)(=O)[O-])cc21. The summed E-state index contributed by atoms with van der Waals surface area (Å²) < 4.78 is 164. The van der Waals surface area contributed by atoms with E-state index in [2.05, 4.69) is 4.90 Å². The zero-order chi connectivity index (χ0) is 59.9. The van der Waals surface area contributed by atoms with E-state index < -0.39 is 57.8 Å². The first-order chi connectivity index (χ1) is 39.2. The first-order valence-corrected chi connectivity index (χ1v) is 31.7. The number of hydrogen-bond acceptors (Lipinski definition) is 20. The number of aliphatic carboxylic acids is 1. The van der Waals surface area contributed by atoms with Crippen LogP contribution in [0.2, 0.25) is 0 Å². The second-order valence-electron chi connectivity index (χ2n) is 19.5. The van der Waals surface area contributed by atoms with E-state index in [-0.39, 0.29) is 57.3 Å². The summed E-state index contributed by atoms with van der Waals surface area (Å²) in [5, 5.41) is 9.26. The van der Waals surface area contributed by atoms with Gasteiger partial charge in [0.2, 0.25) is 5.69 Å². The monoisotopic (exact) mass is 1220 g/mol. The maximum atomic E-state index is 12.4. The molecule has 2 atom stereocenters. The van der Waals surface area contributed by atoms with E-state index in [0.29, 0.717) is 153 Å². The average Bonchev–Trinajstić information content (AvgIpc) is 3.21. The molecule has 462 valence electrons. The number of allylic oxidation sites excluding steroid dienone is 8. The highest BCUT2D eigenvalue weighted by molar-refractivity contribution is 7.86. The largest absolute Gasteiger partial charge is 0.744 e. The standard InChI is InChI=1S/C56H84N2O21S3/c1-55(21-25-72-31-33-76-39-41-78-37-35-74-29-27-70-3)48-44-46(81(64,65)66)17-19-50(48)57(23-12-8-11-16-54(59)60)52(55)14-9-6-5-7-10-15-53-56(2,22-26-73-32-34-77-40-42-79-38-36-75-30-28-71-4)49-45-47(82(67,68)69)18-20-51(49)58(53)24-13-43-80(61,62)63/h5-7,9-10,14-15,17-20,44-45H,8,11-13,16,21-43H2,1-4H3,(H3-,59,60,61,62,63,64,65,66,67,68,69)/p-1. The van der Waals surface area contributed by atoms with Gasteiger partial charge in [-0.3, -0.25) is 9.35 Å². The fourth-order valence-corrected chi connectivity index (χ4v) is 10.8. The minimum absolute atomic E-state index is 0.0130.